The highest BCUT2D eigenvalue weighted by Crippen LogP contribution is 2.30. The first-order valence-corrected chi connectivity index (χ1v) is 8.63. The van der Waals surface area contributed by atoms with Gasteiger partial charge in [0.05, 0.1) is 43.3 Å². The van der Waals surface area contributed by atoms with E-state index in [-0.39, 0.29) is 12.0 Å². The molecule has 1 aliphatic rings. The average molecular weight is 353 g/mol. The van der Waals surface area contributed by atoms with E-state index < -0.39 is 5.97 Å². The van der Waals surface area contributed by atoms with Crippen molar-refractivity contribution in [2.45, 2.75) is 38.3 Å². The Morgan fingerprint density at radius 2 is 2.29 bits per heavy atom. The topological polar surface area (TPSA) is 62.6 Å². The summed E-state index contributed by atoms with van der Waals surface area (Å²) in [5.41, 5.74) is 1.97. The fourth-order valence-electron chi connectivity index (χ4n) is 2.74. The second kappa shape index (κ2) is 7.40. The molecule has 0 N–H and O–H groups in total. The van der Waals surface area contributed by atoms with Gasteiger partial charge in [-0.15, -0.1) is 11.6 Å². The van der Waals surface area contributed by atoms with Gasteiger partial charge in [0.25, 0.3) is 0 Å². The molecule has 0 saturated carbocycles. The number of methoxy groups -OCH3 is 1. The van der Waals surface area contributed by atoms with Crippen molar-refractivity contribution in [1.29, 1.82) is 0 Å². The second-order valence-corrected chi connectivity index (χ2v) is 6.00. The zero-order valence-electron chi connectivity index (χ0n) is 13.9. The summed E-state index contributed by atoms with van der Waals surface area (Å²) < 4.78 is 18.2. The van der Waals surface area contributed by atoms with Gasteiger partial charge in [-0.2, -0.15) is 0 Å². The first-order valence-electron chi connectivity index (χ1n) is 8.09. The van der Waals surface area contributed by atoms with Gasteiger partial charge in [-0.25, -0.2) is 9.78 Å². The molecule has 1 atom stereocenters. The number of fused-ring (bicyclic) bond motifs is 1. The van der Waals surface area contributed by atoms with E-state index in [4.69, 9.17) is 25.8 Å². The van der Waals surface area contributed by atoms with Crippen molar-refractivity contribution in [3.8, 4) is 5.75 Å². The average Bonchev–Trinajstić information content (AvgIpc) is 2.92. The molecule has 0 bridgehead atoms. The minimum atomic E-state index is -0.404. The maximum absolute atomic E-state index is 12.0. The van der Waals surface area contributed by atoms with E-state index in [0.29, 0.717) is 30.0 Å². The minimum Gasteiger partial charge on any atom is -0.491 e. The van der Waals surface area contributed by atoms with E-state index in [0.717, 1.165) is 30.8 Å². The second-order valence-electron chi connectivity index (χ2n) is 5.74. The standard InChI is InChI=1S/C17H21ClN2O4/c1-3-5-24-14-8-11(17(21)22-2)7-13-16(14)19-15(9-18)20(13)10-12-4-6-23-12/h7-8,12H,3-6,9-10H2,1-2H3/t12-/m0/s1. The SMILES string of the molecule is CCCOc1cc(C(=O)OC)cc2c1nc(CCl)n2C[C@@H]1CCO1. The van der Waals surface area contributed by atoms with Crippen molar-refractivity contribution in [2.75, 3.05) is 20.3 Å². The third-order valence-electron chi connectivity index (χ3n) is 4.08. The quantitative estimate of drug-likeness (QED) is 0.566. The Labute approximate surface area is 145 Å². The molecule has 1 fully saturated rings. The number of ether oxygens (including phenoxy) is 3. The van der Waals surface area contributed by atoms with Crippen LogP contribution in [0.2, 0.25) is 0 Å². The van der Waals surface area contributed by atoms with E-state index >= 15 is 0 Å². The molecule has 2 heterocycles. The molecule has 0 aliphatic carbocycles. The van der Waals surface area contributed by atoms with Crippen molar-refractivity contribution in [2.24, 2.45) is 0 Å². The lowest BCUT2D eigenvalue weighted by Crippen LogP contribution is -2.31. The molecule has 1 aromatic carbocycles. The molecule has 3 rings (SSSR count). The van der Waals surface area contributed by atoms with Gasteiger partial charge in [-0.3, -0.25) is 0 Å². The van der Waals surface area contributed by atoms with Crippen LogP contribution in [0.15, 0.2) is 12.1 Å². The number of rotatable bonds is 7. The molecule has 0 amide bonds. The number of hydrogen-bond acceptors (Lipinski definition) is 5. The monoisotopic (exact) mass is 352 g/mol. The molecule has 1 aliphatic heterocycles. The number of imidazole rings is 1. The van der Waals surface area contributed by atoms with E-state index in [9.17, 15) is 4.79 Å². The summed E-state index contributed by atoms with van der Waals surface area (Å²) in [6, 6.07) is 3.46. The highest BCUT2D eigenvalue weighted by Gasteiger charge is 2.24. The van der Waals surface area contributed by atoms with Crippen molar-refractivity contribution >= 4 is 28.6 Å². The Kier molecular flexibility index (Phi) is 5.26. The molecular formula is C17H21ClN2O4. The smallest absolute Gasteiger partial charge is 0.338 e. The number of hydrogen-bond donors (Lipinski definition) is 0. The van der Waals surface area contributed by atoms with Crippen LogP contribution in [-0.4, -0.2) is 41.9 Å². The number of nitrogens with zero attached hydrogens (tertiary/aromatic N) is 2. The van der Waals surface area contributed by atoms with Gasteiger partial charge >= 0.3 is 5.97 Å². The Morgan fingerprint density at radius 1 is 1.50 bits per heavy atom. The predicted molar refractivity (Wildman–Crippen MR) is 90.8 cm³/mol. The summed E-state index contributed by atoms with van der Waals surface area (Å²) in [4.78, 5) is 16.6. The first kappa shape index (κ1) is 17.0. The van der Waals surface area contributed by atoms with Crippen LogP contribution in [0.25, 0.3) is 11.0 Å². The minimum absolute atomic E-state index is 0.158. The van der Waals surface area contributed by atoms with Crippen LogP contribution in [0.1, 0.15) is 35.9 Å². The molecule has 1 aromatic heterocycles. The van der Waals surface area contributed by atoms with Gasteiger partial charge in [0, 0.05) is 6.61 Å². The molecule has 24 heavy (non-hydrogen) atoms. The maximum Gasteiger partial charge on any atom is 0.338 e. The fourth-order valence-corrected chi connectivity index (χ4v) is 2.94. The number of halogens is 1. The zero-order chi connectivity index (χ0) is 17.1. The summed E-state index contributed by atoms with van der Waals surface area (Å²) in [6.45, 7) is 4.02. The molecular weight excluding hydrogens is 332 g/mol. The van der Waals surface area contributed by atoms with Crippen molar-refractivity contribution in [3.63, 3.8) is 0 Å². The van der Waals surface area contributed by atoms with Crippen LogP contribution in [0.5, 0.6) is 5.75 Å². The van der Waals surface area contributed by atoms with Crippen LogP contribution in [-0.2, 0) is 21.9 Å². The van der Waals surface area contributed by atoms with Gasteiger partial charge in [0.15, 0.2) is 0 Å². The number of alkyl halides is 1. The predicted octanol–water partition coefficient (Wildman–Crippen LogP) is 3.14. The first-order chi connectivity index (χ1) is 11.7. The van der Waals surface area contributed by atoms with Crippen molar-refractivity contribution in [1.82, 2.24) is 9.55 Å². The molecule has 1 saturated heterocycles. The molecule has 0 spiro atoms. The lowest BCUT2D eigenvalue weighted by atomic mass is 10.1. The Balaban J connectivity index is 2.11. The molecule has 0 radical (unpaired) electrons. The molecule has 7 heteroatoms. The molecule has 6 nitrogen and oxygen atoms in total. The summed E-state index contributed by atoms with van der Waals surface area (Å²) in [5, 5.41) is 0. The summed E-state index contributed by atoms with van der Waals surface area (Å²) in [5.74, 6) is 1.19. The van der Waals surface area contributed by atoms with Crippen LogP contribution in [0.4, 0.5) is 0 Å². The third kappa shape index (κ3) is 3.21. The molecule has 130 valence electrons. The lowest BCUT2D eigenvalue weighted by Gasteiger charge is -2.27. The van der Waals surface area contributed by atoms with Gasteiger partial charge in [0.1, 0.15) is 17.1 Å². The Morgan fingerprint density at radius 3 is 2.88 bits per heavy atom. The largest absolute Gasteiger partial charge is 0.491 e. The normalized spacial score (nSPS) is 16.9. The van der Waals surface area contributed by atoms with Gasteiger partial charge in [-0.05, 0) is 25.0 Å². The molecule has 0 unspecified atom stereocenters. The van der Waals surface area contributed by atoms with Gasteiger partial charge in [-0.1, -0.05) is 6.92 Å². The van der Waals surface area contributed by atoms with E-state index in [2.05, 4.69) is 4.98 Å². The highest BCUT2D eigenvalue weighted by molar-refractivity contribution is 6.17. The zero-order valence-corrected chi connectivity index (χ0v) is 14.6. The number of carbonyl (C=O) groups is 1. The van der Waals surface area contributed by atoms with Crippen LogP contribution >= 0.6 is 11.6 Å². The van der Waals surface area contributed by atoms with Crippen LogP contribution < -0.4 is 4.74 Å². The van der Waals surface area contributed by atoms with Crippen LogP contribution in [0.3, 0.4) is 0 Å². The third-order valence-corrected chi connectivity index (χ3v) is 4.32. The summed E-state index contributed by atoms with van der Waals surface area (Å²) in [6.07, 6.45) is 2.03. The Bertz CT molecular complexity index is 740. The van der Waals surface area contributed by atoms with E-state index in [1.54, 1.807) is 12.1 Å². The van der Waals surface area contributed by atoms with Crippen molar-refractivity contribution < 1.29 is 19.0 Å². The summed E-state index contributed by atoms with van der Waals surface area (Å²) in [7, 11) is 1.36. The fraction of sp³-hybridized carbons (Fsp3) is 0.529. The highest BCUT2D eigenvalue weighted by atomic mass is 35.5. The number of carbonyl (C=O) groups excluding carboxylic acids is 1. The number of benzene rings is 1. The Hall–Kier alpha value is -1.79. The van der Waals surface area contributed by atoms with E-state index in [1.165, 1.54) is 7.11 Å². The van der Waals surface area contributed by atoms with Crippen molar-refractivity contribution in [3.05, 3.63) is 23.5 Å². The molecule has 2 aromatic rings. The van der Waals surface area contributed by atoms with Crippen LogP contribution in [0, 0.1) is 0 Å². The maximum atomic E-state index is 12.0. The number of esters is 1. The van der Waals surface area contributed by atoms with Gasteiger partial charge < -0.3 is 18.8 Å². The van der Waals surface area contributed by atoms with E-state index in [1.807, 2.05) is 11.5 Å². The summed E-state index contributed by atoms with van der Waals surface area (Å²) >= 11 is 6.08. The number of aromatic nitrogens is 2. The lowest BCUT2D eigenvalue weighted by molar-refractivity contribution is -0.0589. The van der Waals surface area contributed by atoms with Gasteiger partial charge in [0.2, 0.25) is 0 Å².